The molecule has 14 heavy (non-hydrogen) atoms. The lowest BCUT2D eigenvalue weighted by atomic mass is 10.2. The highest BCUT2D eigenvalue weighted by atomic mass is 16.4. The van der Waals surface area contributed by atoms with Crippen LogP contribution < -0.4 is 5.73 Å². The summed E-state index contributed by atoms with van der Waals surface area (Å²) in [4.78, 5) is 0. The molecular formula is C8H9N5O. The van der Waals surface area contributed by atoms with E-state index < -0.39 is 0 Å². The molecule has 0 aromatic carbocycles. The fraction of sp³-hybridized carbons (Fsp3) is 0.125. The van der Waals surface area contributed by atoms with Crippen LogP contribution in [-0.4, -0.2) is 25.9 Å². The summed E-state index contributed by atoms with van der Waals surface area (Å²) in [6.45, 7) is 0. The highest BCUT2D eigenvalue weighted by Crippen LogP contribution is 2.05. The van der Waals surface area contributed by atoms with Crippen LogP contribution in [0.2, 0.25) is 0 Å². The summed E-state index contributed by atoms with van der Waals surface area (Å²) >= 11 is 0. The van der Waals surface area contributed by atoms with Gasteiger partial charge in [-0.15, -0.1) is 5.10 Å². The quantitative estimate of drug-likeness (QED) is 0.303. The van der Waals surface area contributed by atoms with Crippen LogP contribution in [0.5, 0.6) is 0 Å². The van der Waals surface area contributed by atoms with E-state index in [0.717, 1.165) is 11.1 Å². The van der Waals surface area contributed by atoms with Crippen molar-refractivity contribution in [3.05, 3.63) is 30.1 Å². The average molecular weight is 191 g/mol. The minimum absolute atomic E-state index is 0.182. The number of pyridine rings is 1. The van der Waals surface area contributed by atoms with Crippen LogP contribution in [0.25, 0.3) is 5.52 Å². The first-order valence-corrected chi connectivity index (χ1v) is 4.05. The Kier molecular flexibility index (Phi) is 2.02. The lowest BCUT2D eigenvalue weighted by Gasteiger charge is -1.99. The number of amidine groups is 1. The second kappa shape index (κ2) is 3.33. The second-order valence-electron chi connectivity index (χ2n) is 2.91. The predicted octanol–water partition coefficient (Wildman–Crippen LogP) is 0.0182. The summed E-state index contributed by atoms with van der Waals surface area (Å²) in [6, 6.07) is 3.73. The molecule has 0 aliphatic carbocycles. The molecule has 0 saturated carbocycles. The molecule has 0 aliphatic heterocycles. The highest BCUT2D eigenvalue weighted by molar-refractivity contribution is 5.82. The third kappa shape index (κ3) is 1.49. The van der Waals surface area contributed by atoms with Crippen LogP contribution in [0.1, 0.15) is 5.56 Å². The first kappa shape index (κ1) is 8.49. The van der Waals surface area contributed by atoms with Crippen molar-refractivity contribution in [3.63, 3.8) is 0 Å². The first-order valence-electron chi connectivity index (χ1n) is 4.05. The van der Waals surface area contributed by atoms with Gasteiger partial charge in [0.1, 0.15) is 5.84 Å². The van der Waals surface area contributed by atoms with Gasteiger partial charge in [0, 0.05) is 12.6 Å². The zero-order chi connectivity index (χ0) is 9.97. The lowest BCUT2D eigenvalue weighted by molar-refractivity contribution is 0.317. The van der Waals surface area contributed by atoms with Crippen molar-refractivity contribution >= 4 is 11.4 Å². The molecule has 0 amide bonds. The monoisotopic (exact) mass is 191 g/mol. The van der Waals surface area contributed by atoms with Crippen molar-refractivity contribution < 1.29 is 5.21 Å². The zero-order valence-corrected chi connectivity index (χ0v) is 7.33. The standard InChI is InChI=1S/C8H9N5O/c9-8(11-14)4-6-1-2-13-7(3-6)5-10-12-13/h1-3,5,14H,4H2,(H2,9,11). The number of hydrogen-bond acceptors (Lipinski definition) is 4. The SMILES string of the molecule is N/C(Cc1ccn2nncc2c1)=N\O. The maximum atomic E-state index is 8.40. The lowest BCUT2D eigenvalue weighted by Crippen LogP contribution is -2.14. The fourth-order valence-corrected chi connectivity index (χ4v) is 1.23. The number of oxime groups is 1. The summed E-state index contributed by atoms with van der Waals surface area (Å²) in [6.07, 6.45) is 3.84. The minimum atomic E-state index is 0.182. The summed E-state index contributed by atoms with van der Waals surface area (Å²) < 4.78 is 1.65. The third-order valence-corrected chi connectivity index (χ3v) is 1.88. The van der Waals surface area contributed by atoms with Gasteiger partial charge >= 0.3 is 0 Å². The Morgan fingerprint density at radius 2 is 2.50 bits per heavy atom. The Bertz CT molecular complexity index is 475. The minimum Gasteiger partial charge on any atom is -0.409 e. The molecule has 0 fully saturated rings. The van der Waals surface area contributed by atoms with Crippen LogP contribution in [0, 0.1) is 0 Å². The summed E-state index contributed by atoms with van der Waals surface area (Å²) in [5.74, 6) is 0.182. The molecular weight excluding hydrogens is 182 g/mol. The van der Waals surface area contributed by atoms with Gasteiger partial charge in [0.15, 0.2) is 0 Å². The number of nitrogens with two attached hydrogens (primary N) is 1. The van der Waals surface area contributed by atoms with Crippen molar-refractivity contribution in [1.82, 2.24) is 14.8 Å². The van der Waals surface area contributed by atoms with Gasteiger partial charge in [0.25, 0.3) is 0 Å². The Morgan fingerprint density at radius 3 is 3.29 bits per heavy atom. The summed E-state index contributed by atoms with van der Waals surface area (Å²) in [5, 5.41) is 18.9. The molecule has 0 atom stereocenters. The average Bonchev–Trinajstić information content (AvgIpc) is 2.64. The van der Waals surface area contributed by atoms with E-state index in [0.29, 0.717) is 6.42 Å². The van der Waals surface area contributed by atoms with Crippen molar-refractivity contribution in [3.8, 4) is 0 Å². The fourth-order valence-electron chi connectivity index (χ4n) is 1.23. The van der Waals surface area contributed by atoms with E-state index in [1.165, 1.54) is 0 Å². The van der Waals surface area contributed by atoms with E-state index in [1.54, 1.807) is 16.9 Å². The number of hydrogen-bond donors (Lipinski definition) is 2. The molecule has 0 bridgehead atoms. The van der Waals surface area contributed by atoms with Crippen LogP contribution in [-0.2, 0) is 6.42 Å². The predicted molar refractivity (Wildman–Crippen MR) is 50.1 cm³/mol. The molecule has 2 aromatic rings. The van der Waals surface area contributed by atoms with Gasteiger partial charge in [-0.25, -0.2) is 4.52 Å². The van der Waals surface area contributed by atoms with Gasteiger partial charge in [-0.1, -0.05) is 10.4 Å². The topological polar surface area (TPSA) is 88.8 Å². The van der Waals surface area contributed by atoms with Gasteiger partial charge in [-0.2, -0.15) is 0 Å². The third-order valence-electron chi connectivity index (χ3n) is 1.88. The molecule has 3 N–H and O–H groups in total. The number of aromatic nitrogens is 3. The smallest absolute Gasteiger partial charge is 0.143 e. The van der Waals surface area contributed by atoms with Crippen molar-refractivity contribution in [2.45, 2.75) is 6.42 Å². The maximum absolute atomic E-state index is 8.40. The van der Waals surface area contributed by atoms with E-state index in [4.69, 9.17) is 10.9 Å². The second-order valence-corrected chi connectivity index (χ2v) is 2.91. The van der Waals surface area contributed by atoms with Crippen LogP contribution in [0.3, 0.4) is 0 Å². The van der Waals surface area contributed by atoms with Gasteiger partial charge in [-0.3, -0.25) is 0 Å². The summed E-state index contributed by atoms with van der Waals surface area (Å²) in [7, 11) is 0. The molecule has 6 heteroatoms. The molecule has 0 unspecified atom stereocenters. The molecule has 2 rings (SSSR count). The maximum Gasteiger partial charge on any atom is 0.143 e. The zero-order valence-electron chi connectivity index (χ0n) is 7.33. The Hall–Kier alpha value is -2.11. The van der Waals surface area contributed by atoms with E-state index >= 15 is 0 Å². The molecule has 72 valence electrons. The van der Waals surface area contributed by atoms with Crippen LogP contribution in [0.15, 0.2) is 29.7 Å². The number of rotatable bonds is 2. The molecule has 0 aliphatic rings. The summed E-state index contributed by atoms with van der Waals surface area (Å²) in [5.41, 5.74) is 7.22. The van der Waals surface area contributed by atoms with Crippen LogP contribution >= 0.6 is 0 Å². The van der Waals surface area contributed by atoms with Crippen molar-refractivity contribution in [1.29, 1.82) is 0 Å². The molecule has 0 spiro atoms. The van der Waals surface area contributed by atoms with E-state index in [-0.39, 0.29) is 5.84 Å². The van der Waals surface area contributed by atoms with E-state index in [2.05, 4.69) is 15.5 Å². The van der Waals surface area contributed by atoms with Gasteiger partial charge < -0.3 is 10.9 Å². The Morgan fingerprint density at radius 1 is 1.64 bits per heavy atom. The Balaban J connectivity index is 2.34. The largest absolute Gasteiger partial charge is 0.409 e. The normalized spacial score (nSPS) is 12.1. The molecule has 6 nitrogen and oxygen atoms in total. The molecule has 2 aromatic heterocycles. The van der Waals surface area contributed by atoms with E-state index in [9.17, 15) is 0 Å². The highest BCUT2D eigenvalue weighted by Gasteiger charge is 2.00. The van der Waals surface area contributed by atoms with Gasteiger partial charge in [-0.05, 0) is 17.7 Å². The van der Waals surface area contributed by atoms with Crippen LogP contribution in [0.4, 0.5) is 0 Å². The number of nitrogens with zero attached hydrogens (tertiary/aromatic N) is 4. The molecule has 0 saturated heterocycles. The van der Waals surface area contributed by atoms with Gasteiger partial charge in [0.2, 0.25) is 0 Å². The van der Waals surface area contributed by atoms with E-state index in [1.807, 2.05) is 12.1 Å². The molecule has 2 heterocycles. The number of fused-ring (bicyclic) bond motifs is 1. The molecule has 0 radical (unpaired) electrons. The first-order chi connectivity index (χ1) is 6.79. The van der Waals surface area contributed by atoms with Gasteiger partial charge in [0.05, 0.1) is 11.7 Å². The van der Waals surface area contributed by atoms with Crippen molar-refractivity contribution in [2.24, 2.45) is 10.9 Å². The van der Waals surface area contributed by atoms with Crippen molar-refractivity contribution in [2.75, 3.05) is 0 Å². The Labute approximate surface area is 79.6 Å².